The predicted octanol–water partition coefficient (Wildman–Crippen LogP) is 2.57. The monoisotopic (exact) mass is 374 g/mol. The summed E-state index contributed by atoms with van der Waals surface area (Å²) < 4.78 is 22.3. The third kappa shape index (κ3) is 3.32. The summed E-state index contributed by atoms with van der Waals surface area (Å²) in [4.78, 5) is 0. The minimum absolute atomic E-state index is 0.0121. The van der Waals surface area contributed by atoms with Gasteiger partial charge in [-0.1, -0.05) is 53.2 Å². The highest BCUT2D eigenvalue weighted by Gasteiger charge is 2.29. The first-order chi connectivity index (χ1) is 7.38. The van der Waals surface area contributed by atoms with Gasteiger partial charge >= 0.3 is 0 Å². The average molecular weight is 375 g/mol. The fraction of sp³-hybridized carbons (Fsp3) is 0.400. The van der Waals surface area contributed by atoms with E-state index in [2.05, 4.69) is 0 Å². The Balaban J connectivity index is 2.99. The molecule has 2 atom stereocenters. The van der Waals surface area contributed by atoms with Gasteiger partial charge in [-0.2, -0.15) is 0 Å². The van der Waals surface area contributed by atoms with E-state index >= 15 is 0 Å². The standard InChI is InChI=1S/C10H12ClIO3S/c1-2-16(14,15)10(12)9(13)7-4-3-5-8(11)6-7/h3-6,9-10,13H,2H2,1H3/t9-,10-/m1/s1. The van der Waals surface area contributed by atoms with Crippen molar-refractivity contribution in [3.05, 3.63) is 34.9 Å². The van der Waals surface area contributed by atoms with E-state index < -0.39 is 19.2 Å². The van der Waals surface area contributed by atoms with Crippen LogP contribution in [0.1, 0.15) is 18.6 Å². The summed E-state index contributed by atoms with van der Waals surface area (Å²) in [5, 5.41) is 10.4. The first kappa shape index (κ1) is 14.2. The van der Waals surface area contributed by atoms with E-state index in [1.54, 1.807) is 53.8 Å². The summed E-state index contributed by atoms with van der Waals surface area (Å²) >= 11 is 7.52. The SMILES string of the molecule is CCS(=O)(=O)[C@@H](I)[C@H](O)c1cccc(Cl)c1. The lowest BCUT2D eigenvalue weighted by atomic mass is 10.1. The quantitative estimate of drug-likeness (QED) is 0.651. The van der Waals surface area contributed by atoms with Crippen LogP contribution in [0, 0.1) is 0 Å². The minimum atomic E-state index is -3.26. The molecule has 6 heteroatoms. The van der Waals surface area contributed by atoms with E-state index in [0.29, 0.717) is 10.6 Å². The Morgan fingerprint density at radius 3 is 2.62 bits per heavy atom. The molecule has 0 aliphatic rings. The van der Waals surface area contributed by atoms with Crippen molar-refractivity contribution in [1.82, 2.24) is 0 Å². The molecule has 0 saturated heterocycles. The van der Waals surface area contributed by atoms with Gasteiger partial charge in [0.15, 0.2) is 9.84 Å². The summed E-state index contributed by atoms with van der Waals surface area (Å²) in [5.74, 6) is 0.0121. The molecule has 0 amide bonds. The van der Waals surface area contributed by atoms with Crippen molar-refractivity contribution in [2.24, 2.45) is 0 Å². The number of rotatable bonds is 4. The van der Waals surface area contributed by atoms with Crippen LogP contribution in [0.2, 0.25) is 5.02 Å². The molecule has 1 aromatic rings. The highest BCUT2D eigenvalue weighted by Crippen LogP contribution is 2.28. The molecule has 90 valence electrons. The van der Waals surface area contributed by atoms with Gasteiger partial charge in [0.2, 0.25) is 0 Å². The van der Waals surface area contributed by atoms with Gasteiger partial charge < -0.3 is 5.11 Å². The molecule has 0 heterocycles. The zero-order valence-electron chi connectivity index (χ0n) is 8.60. The van der Waals surface area contributed by atoms with Gasteiger partial charge in [0.05, 0.1) is 0 Å². The number of aliphatic hydroxyl groups excluding tert-OH is 1. The van der Waals surface area contributed by atoms with Crippen LogP contribution in [-0.4, -0.2) is 22.5 Å². The lowest BCUT2D eigenvalue weighted by Crippen LogP contribution is -2.24. The van der Waals surface area contributed by atoms with Gasteiger partial charge in [0.1, 0.15) is 9.36 Å². The maximum absolute atomic E-state index is 11.6. The Hall–Kier alpha value is 0.150. The van der Waals surface area contributed by atoms with Crippen LogP contribution in [0.15, 0.2) is 24.3 Å². The zero-order valence-corrected chi connectivity index (χ0v) is 12.3. The Labute approximate surface area is 114 Å². The average Bonchev–Trinajstić information content (AvgIpc) is 2.27. The number of sulfone groups is 1. The number of aliphatic hydroxyl groups is 1. The molecule has 0 aliphatic heterocycles. The van der Waals surface area contributed by atoms with Crippen LogP contribution in [0.3, 0.4) is 0 Å². The highest BCUT2D eigenvalue weighted by molar-refractivity contribution is 14.1. The van der Waals surface area contributed by atoms with Gasteiger partial charge in [0.25, 0.3) is 0 Å². The van der Waals surface area contributed by atoms with Crippen LogP contribution in [0.5, 0.6) is 0 Å². The van der Waals surface area contributed by atoms with E-state index in [1.165, 1.54) is 0 Å². The van der Waals surface area contributed by atoms with Crippen LogP contribution in [-0.2, 0) is 9.84 Å². The van der Waals surface area contributed by atoms with Crippen molar-refractivity contribution < 1.29 is 13.5 Å². The van der Waals surface area contributed by atoms with Crippen molar-refractivity contribution >= 4 is 44.0 Å². The van der Waals surface area contributed by atoms with E-state index in [0.717, 1.165) is 0 Å². The molecule has 0 aliphatic carbocycles. The number of hydrogen-bond acceptors (Lipinski definition) is 3. The number of hydrogen-bond donors (Lipinski definition) is 1. The normalized spacial score (nSPS) is 15.8. The smallest absolute Gasteiger partial charge is 0.164 e. The Kier molecular flexibility index (Phi) is 5.03. The van der Waals surface area contributed by atoms with Gasteiger partial charge in [0, 0.05) is 10.8 Å². The summed E-state index contributed by atoms with van der Waals surface area (Å²) in [7, 11) is -3.26. The molecule has 1 aromatic carbocycles. The molecular weight excluding hydrogens is 363 g/mol. The number of halogens is 2. The summed E-state index contributed by atoms with van der Waals surface area (Å²) in [6, 6.07) is 6.59. The zero-order chi connectivity index (χ0) is 12.3. The predicted molar refractivity (Wildman–Crippen MR) is 73.7 cm³/mol. The Morgan fingerprint density at radius 1 is 1.50 bits per heavy atom. The molecule has 0 fully saturated rings. The number of alkyl halides is 1. The molecule has 1 rings (SSSR count). The fourth-order valence-corrected chi connectivity index (χ4v) is 3.76. The van der Waals surface area contributed by atoms with E-state index in [1.807, 2.05) is 0 Å². The molecule has 3 nitrogen and oxygen atoms in total. The first-order valence-electron chi connectivity index (χ1n) is 4.67. The van der Waals surface area contributed by atoms with Gasteiger partial charge in [-0.25, -0.2) is 8.42 Å². The Bertz CT molecular complexity index is 461. The van der Waals surface area contributed by atoms with Crippen LogP contribution < -0.4 is 0 Å². The molecule has 16 heavy (non-hydrogen) atoms. The largest absolute Gasteiger partial charge is 0.386 e. The van der Waals surface area contributed by atoms with Gasteiger partial charge in [-0.3, -0.25) is 0 Å². The van der Waals surface area contributed by atoms with Crippen molar-refractivity contribution in [3.63, 3.8) is 0 Å². The third-order valence-corrected chi connectivity index (χ3v) is 7.17. The molecule has 1 N–H and O–H groups in total. The topological polar surface area (TPSA) is 54.4 Å². The minimum Gasteiger partial charge on any atom is -0.386 e. The second-order valence-corrected chi connectivity index (χ2v) is 8.34. The molecule has 0 saturated carbocycles. The van der Waals surface area contributed by atoms with Crippen LogP contribution >= 0.6 is 34.2 Å². The molecule has 0 aromatic heterocycles. The molecular formula is C10H12ClIO3S. The van der Waals surface area contributed by atoms with Crippen molar-refractivity contribution in [2.75, 3.05) is 5.75 Å². The van der Waals surface area contributed by atoms with Crippen molar-refractivity contribution in [2.45, 2.75) is 16.3 Å². The van der Waals surface area contributed by atoms with E-state index in [9.17, 15) is 13.5 Å². The molecule has 0 bridgehead atoms. The lowest BCUT2D eigenvalue weighted by molar-refractivity contribution is 0.197. The third-order valence-electron chi connectivity index (χ3n) is 2.18. The fourth-order valence-electron chi connectivity index (χ4n) is 1.20. The van der Waals surface area contributed by atoms with E-state index in [-0.39, 0.29) is 5.75 Å². The second kappa shape index (κ2) is 5.66. The maximum Gasteiger partial charge on any atom is 0.164 e. The molecule has 0 radical (unpaired) electrons. The number of benzene rings is 1. The van der Waals surface area contributed by atoms with Crippen LogP contribution in [0.4, 0.5) is 0 Å². The molecule has 0 unspecified atom stereocenters. The van der Waals surface area contributed by atoms with Crippen molar-refractivity contribution in [1.29, 1.82) is 0 Å². The lowest BCUT2D eigenvalue weighted by Gasteiger charge is -2.17. The maximum atomic E-state index is 11.6. The second-order valence-electron chi connectivity index (χ2n) is 3.30. The van der Waals surface area contributed by atoms with Gasteiger partial charge in [-0.15, -0.1) is 0 Å². The summed E-state index contributed by atoms with van der Waals surface area (Å²) in [6.45, 7) is 1.56. The first-order valence-corrected chi connectivity index (χ1v) is 8.01. The van der Waals surface area contributed by atoms with Crippen molar-refractivity contribution in [3.8, 4) is 0 Å². The van der Waals surface area contributed by atoms with E-state index in [4.69, 9.17) is 11.6 Å². The Morgan fingerprint density at radius 2 is 2.12 bits per heavy atom. The van der Waals surface area contributed by atoms with Gasteiger partial charge in [-0.05, 0) is 17.7 Å². The molecule has 0 spiro atoms. The summed E-state index contributed by atoms with van der Waals surface area (Å²) in [5.41, 5.74) is 0.518. The highest BCUT2D eigenvalue weighted by atomic mass is 127. The summed E-state index contributed by atoms with van der Waals surface area (Å²) in [6.07, 6.45) is -1.05. The van der Waals surface area contributed by atoms with Crippen LogP contribution in [0.25, 0.3) is 0 Å².